The van der Waals surface area contributed by atoms with Crippen LogP contribution in [0.4, 0.5) is 5.13 Å². The first kappa shape index (κ1) is 17.3. The average molecular weight is 368 g/mol. The third-order valence-electron chi connectivity index (χ3n) is 3.99. The maximum absolute atomic E-state index is 12.2. The Morgan fingerprint density at radius 1 is 1.42 bits per heavy atom. The molecule has 1 aliphatic rings. The lowest BCUT2D eigenvalue weighted by Gasteiger charge is -2.35. The molecule has 0 aliphatic carbocycles. The lowest BCUT2D eigenvalue weighted by Crippen LogP contribution is -2.53. The zero-order valence-electron chi connectivity index (χ0n) is 13.7. The lowest BCUT2D eigenvalue weighted by molar-refractivity contribution is 0.0345. The minimum absolute atomic E-state index is 0.236. The summed E-state index contributed by atoms with van der Waals surface area (Å²) in [7, 11) is 1.77. The van der Waals surface area contributed by atoms with E-state index in [0.717, 1.165) is 23.8 Å². The molecule has 2 atom stereocenters. The van der Waals surface area contributed by atoms with Crippen LogP contribution in [-0.4, -0.2) is 58.2 Å². The minimum Gasteiger partial charge on any atom is -0.390 e. The van der Waals surface area contributed by atoms with Gasteiger partial charge in [-0.3, -0.25) is 9.69 Å². The van der Waals surface area contributed by atoms with Crippen molar-refractivity contribution in [2.24, 2.45) is 0 Å². The molecule has 9 heteroatoms. The van der Waals surface area contributed by atoms with E-state index >= 15 is 0 Å². The monoisotopic (exact) mass is 367 g/mol. The summed E-state index contributed by atoms with van der Waals surface area (Å²) in [4.78, 5) is 23.1. The number of aliphatic hydroxyl groups excluding tert-OH is 1. The van der Waals surface area contributed by atoms with Crippen molar-refractivity contribution in [3.63, 3.8) is 0 Å². The smallest absolute Gasteiger partial charge is 0.271 e. The largest absolute Gasteiger partial charge is 0.390 e. The van der Waals surface area contributed by atoms with Crippen molar-refractivity contribution < 1.29 is 9.90 Å². The van der Waals surface area contributed by atoms with E-state index in [9.17, 15) is 9.90 Å². The van der Waals surface area contributed by atoms with Crippen LogP contribution in [0.1, 0.15) is 27.6 Å². The van der Waals surface area contributed by atoms with E-state index in [0.29, 0.717) is 23.8 Å². The Balaban J connectivity index is 1.52. The molecule has 0 radical (unpaired) electrons. The van der Waals surface area contributed by atoms with Crippen LogP contribution in [0.15, 0.2) is 10.8 Å². The molecule has 7 nitrogen and oxygen atoms in total. The number of piperidine rings is 1. The average Bonchev–Trinajstić information content (AvgIpc) is 3.19. The van der Waals surface area contributed by atoms with Gasteiger partial charge in [-0.1, -0.05) is 0 Å². The number of anilines is 1. The number of aliphatic hydroxyl groups is 1. The first-order chi connectivity index (χ1) is 11.5. The number of hydrogen-bond donors (Lipinski definition) is 3. The zero-order valence-corrected chi connectivity index (χ0v) is 15.3. The first-order valence-electron chi connectivity index (χ1n) is 7.80. The maximum atomic E-state index is 12.2. The van der Waals surface area contributed by atoms with Gasteiger partial charge in [0.2, 0.25) is 0 Å². The summed E-state index contributed by atoms with van der Waals surface area (Å²) in [6.45, 7) is 4.07. The van der Waals surface area contributed by atoms with Gasteiger partial charge < -0.3 is 15.7 Å². The molecule has 0 aromatic carbocycles. The summed E-state index contributed by atoms with van der Waals surface area (Å²) in [6.07, 6.45) is 0.115. The van der Waals surface area contributed by atoms with Crippen LogP contribution in [0.25, 0.3) is 0 Å². The van der Waals surface area contributed by atoms with Crippen LogP contribution in [0.5, 0.6) is 0 Å². The van der Waals surface area contributed by atoms with Gasteiger partial charge in [0.15, 0.2) is 5.13 Å². The van der Waals surface area contributed by atoms with E-state index in [1.165, 1.54) is 11.3 Å². The van der Waals surface area contributed by atoms with Gasteiger partial charge in [0.1, 0.15) is 5.69 Å². The van der Waals surface area contributed by atoms with Crippen LogP contribution >= 0.6 is 22.7 Å². The molecule has 0 bridgehead atoms. The first-order valence-corrected chi connectivity index (χ1v) is 9.56. The Morgan fingerprint density at radius 3 is 2.88 bits per heavy atom. The standard InChI is InChI=1S/C15H21N5O2S2/c1-9-17-10(7-23-9)5-20-4-3-11(13(21)6-20)18-14(22)12-8-24-15(16-2)19-12/h7-8,11,13,21H,3-6H2,1-2H3,(H,16,19)(H,18,22)/t11-,13-/m0/s1. The summed E-state index contributed by atoms with van der Waals surface area (Å²) in [5.41, 5.74) is 1.42. The van der Waals surface area contributed by atoms with Crippen LogP contribution < -0.4 is 10.6 Å². The molecule has 0 spiro atoms. The third kappa shape index (κ3) is 4.10. The summed E-state index contributed by atoms with van der Waals surface area (Å²) in [5, 5.41) is 21.7. The fourth-order valence-corrected chi connectivity index (χ4v) is 4.01. The predicted molar refractivity (Wildman–Crippen MR) is 95.7 cm³/mol. The Bertz CT molecular complexity index is 702. The number of aryl methyl sites for hydroxylation is 1. The highest BCUT2D eigenvalue weighted by molar-refractivity contribution is 7.13. The molecule has 3 heterocycles. The second kappa shape index (κ2) is 7.56. The van der Waals surface area contributed by atoms with E-state index in [2.05, 4.69) is 30.9 Å². The highest BCUT2D eigenvalue weighted by Crippen LogP contribution is 2.18. The summed E-state index contributed by atoms with van der Waals surface area (Å²) >= 11 is 3.02. The van der Waals surface area contributed by atoms with Crippen LogP contribution in [0.2, 0.25) is 0 Å². The van der Waals surface area contributed by atoms with E-state index in [-0.39, 0.29) is 11.9 Å². The van der Waals surface area contributed by atoms with E-state index in [1.807, 2.05) is 6.92 Å². The van der Waals surface area contributed by atoms with Gasteiger partial charge in [0.05, 0.1) is 22.8 Å². The predicted octanol–water partition coefficient (Wildman–Crippen LogP) is 1.31. The van der Waals surface area contributed by atoms with Gasteiger partial charge in [-0.2, -0.15) is 0 Å². The van der Waals surface area contributed by atoms with Gasteiger partial charge in [-0.25, -0.2) is 9.97 Å². The molecule has 0 saturated carbocycles. The number of aromatic nitrogens is 2. The molecular weight excluding hydrogens is 346 g/mol. The van der Waals surface area contributed by atoms with Crippen molar-refractivity contribution in [2.75, 3.05) is 25.5 Å². The Hall–Kier alpha value is -1.55. The SMILES string of the molecule is CNc1nc(C(=O)N[C@H]2CCN(Cc3csc(C)n3)C[C@@H]2O)cs1. The highest BCUT2D eigenvalue weighted by atomic mass is 32.1. The number of carbonyl (C=O) groups excluding carboxylic acids is 1. The number of nitrogens with zero attached hydrogens (tertiary/aromatic N) is 3. The quantitative estimate of drug-likeness (QED) is 0.738. The molecule has 1 aliphatic heterocycles. The summed E-state index contributed by atoms with van der Waals surface area (Å²) < 4.78 is 0. The molecule has 2 aromatic heterocycles. The number of nitrogens with one attached hydrogen (secondary N) is 2. The van der Waals surface area contributed by atoms with Gasteiger partial charge in [0, 0.05) is 37.4 Å². The van der Waals surface area contributed by atoms with Crippen molar-refractivity contribution in [3.8, 4) is 0 Å². The molecule has 130 valence electrons. The van der Waals surface area contributed by atoms with Gasteiger partial charge in [-0.05, 0) is 13.3 Å². The molecule has 3 N–H and O–H groups in total. The number of thiazole rings is 2. The third-order valence-corrected chi connectivity index (χ3v) is 5.67. The van der Waals surface area contributed by atoms with Gasteiger partial charge >= 0.3 is 0 Å². The topological polar surface area (TPSA) is 90.4 Å². The van der Waals surface area contributed by atoms with Crippen LogP contribution in [-0.2, 0) is 6.54 Å². The van der Waals surface area contributed by atoms with E-state index < -0.39 is 6.10 Å². The second-order valence-corrected chi connectivity index (χ2v) is 7.74. The van der Waals surface area contributed by atoms with E-state index in [4.69, 9.17) is 0 Å². The van der Waals surface area contributed by atoms with Crippen molar-refractivity contribution in [1.82, 2.24) is 20.2 Å². The molecule has 1 saturated heterocycles. The van der Waals surface area contributed by atoms with Crippen LogP contribution in [0, 0.1) is 6.92 Å². The number of β-amino-alcohol motifs (C(OH)–C–C–N with tert-alkyl or cyclic N) is 1. The Labute approximate surface area is 148 Å². The summed E-state index contributed by atoms with van der Waals surface area (Å²) in [5.74, 6) is -0.236. The number of rotatable bonds is 5. The minimum atomic E-state index is -0.593. The number of amides is 1. The normalized spacial score (nSPS) is 21.6. The van der Waals surface area contributed by atoms with Crippen molar-refractivity contribution in [1.29, 1.82) is 0 Å². The fourth-order valence-electron chi connectivity index (χ4n) is 2.75. The second-order valence-electron chi connectivity index (χ2n) is 5.82. The molecule has 24 heavy (non-hydrogen) atoms. The summed E-state index contributed by atoms with van der Waals surface area (Å²) in [6, 6.07) is -0.245. The molecule has 0 unspecified atom stereocenters. The number of carbonyl (C=O) groups is 1. The number of likely N-dealkylation sites (tertiary alicyclic amines) is 1. The van der Waals surface area contributed by atoms with Crippen LogP contribution in [0.3, 0.4) is 0 Å². The zero-order chi connectivity index (χ0) is 17.1. The fraction of sp³-hybridized carbons (Fsp3) is 0.533. The van der Waals surface area contributed by atoms with Crippen molar-refractivity contribution in [3.05, 3.63) is 27.2 Å². The molecular formula is C15H21N5O2S2. The van der Waals surface area contributed by atoms with E-state index in [1.54, 1.807) is 23.8 Å². The molecule has 1 fully saturated rings. The molecule has 3 rings (SSSR count). The van der Waals surface area contributed by atoms with Gasteiger partial charge in [-0.15, -0.1) is 22.7 Å². The Kier molecular flexibility index (Phi) is 5.44. The molecule has 1 amide bonds. The maximum Gasteiger partial charge on any atom is 0.271 e. The lowest BCUT2D eigenvalue weighted by atomic mass is 10.0. The number of hydrogen-bond acceptors (Lipinski definition) is 8. The van der Waals surface area contributed by atoms with Crippen molar-refractivity contribution in [2.45, 2.75) is 32.0 Å². The highest BCUT2D eigenvalue weighted by Gasteiger charge is 2.29. The molecule has 2 aromatic rings. The van der Waals surface area contributed by atoms with Gasteiger partial charge in [0.25, 0.3) is 5.91 Å². The Morgan fingerprint density at radius 2 is 2.25 bits per heavy atom. The van der Waals surface area contributed by atoms with Crippen molar-refractivity contribution >= 4 is 33.7 Å².